The Morgan fingerprint density at radius 1 is 1.16 bits per heavy atom. The molecule has 2 N–H and O–H groups in total. The lowest BCUT2D eigenvalue weighted by Crippen LogP contribution is -2.36. The second-order valence-corrected chi connectivity index (χ2v) is 5.23. The molecule has 0 spiro atoms. The Kier molecular flexibility index (Phi) is 7.06. The molecule has 2 unspecified atom stereocenters. The van der Waals surface area contributed by atoms with Crippen LogP contribution >= 0.6 is 0 Å². The molecule has 0 saturated heterocycles. The standard InChI is InChI=1S/C16H27NO2/c1-5-15(17-10-11-19-4)16(18)14-8-6-13(7-9-14)12(2)3/h6-9,12,15-18H,5,10-11H2,1-4H3. The fourth-order valence-corrected chi connectivity index (χ4v) is 2.14. The minimum Gasteiger partial charge on any atom is -0.387 e. The van der Waals surface area contributed by atoms with E-state index in [-0.39, 0.29) is 6.04 Å². The first-order chi connectivity index (χ1) is 9.10. The predicted molar refractivity (Wildman–Crippen MR) is 79.4 cm³/mol. The van der Waals surface area contributed by atoms with Crippen molar-refractivity contribution < 1.29 is 9.84 Å². The first-order valence-electron chi connectivity index (χ1n) is 7.10. The molecule has 1 aromatic carbocycles. The third-order valence-corrected chi connectivity index (χ3v) is 3.48. The number of ether oxygens (including phenoxy) is 1. The van der Waals surface area contributed by atoms with E-state index in [1.807, 2.05) is 12.1 Å². The van der Waals surface area contributed by atoms with Crippen molar-refractivity contribution in [1.29, 1.82) is 0 Å². The summed E-state index contributed by atoms with van der Waals surface area (Å²) in [5.41, 5.74) is 2.28. The van der Waals surface area contributed by atoms with Gasteiger partial charge in [-0.15, -0.1) is 0 Å². The van der Waals surface area contributed by atoms with Crippen LogP contribution in [0.1, 0.15) is 50.3 Å². The van der Waals surface area contributed by atoms with Crippen molar-refractivity contribution in [2.75, 3.05) is 20.3 Å². The highest BCUT2D eigenvalue weighted by molar-refractivity contribution is 5.26. The zero-order valence-corrected chi connectivity index (χ0v) is 12.5. The van der Waals surface area contributed by atoms with Gasteiger partial charge in [0.25, 0.3) is 0 Å². The molecular weight excluding hydrogens is 238 g/mol. The highest BCUT2D eigenvalue weighted by Crippen LogP contribution is 2.22. The van der Waals surface area contributed by atoms with Crippen molar-refractivity contribution >= 4 is 0 Å². The summed E-state index contributed by atoms with van der Waals surface area (Å²) >= 11 is 0. The highest BCUT2D eigenvalue weighted by atomic mass is 16.5. The van der Waals surface area contributed by atoms with Gasteiger partial charge in [0.2, 0.25) is 0 Å². The monoisotopic (exact) mass is 265 g/mol. The molecule has 0 bridgehead atoms. The molecule has 19 heavy (non-hydrogen) atoms. The molecule has 2 atom stereocenters. The molecule has 0 saturated carbocycles. The molecule has 0 heterocycles. The van der Waals surface area contributed by atoms with Gasteiger partial charge in [-0.25, -0.2) is 0 Å². The minimum absolute atomic E-state index is 0.0695. The van der Waals surface area contributed by atoms with E-state index in [0.29, 0.717) is 12.5 Å². The van der Waals surface area contributed by atoms with Crippen LogP contribution in [-0.2, 0) is 4.74 Å². The molecule has 3 nitrogen and oxygen atoms in total. The van der Waals surface area contributed by atoms with Crippen LogP contribution in [0.3, 0.4) is 0 Å². The summed E-state index contributed by atoms with van der Waals surface area (Å²) in [6.45, 7) is 7.85. The molecule has 1 aromatic rings. The lowest BCUT2D eigenvalue weighted by molar-refractivity contribution is 0.117. The van der Waals surface area contributed by atoms with Gasteiger partial charge >= 0.3 is 0 Å². The molecule has 0 amide bonds. The quantitative estimate of drug-likeness (QED) is 0.710. The molecule has 108 valence electrons. The van der Waals surface area contributed by atoms with Crippen LogP contribution in [0.15, 0.2) is 24.3 Å². The first-order valence-corrected chi connectivity index (χ1v) is 7.10. The summed E-state index contributed by atoms with van der Waals surface area (Å²) < 4.78 is 5.02. The zero-order valence-electron chi connectivity index (χ0n) is 12.5. The Morgan fingerprint density at radius 2 is 1.74 bits per heavy atom. The number of rotatable bonds is 8. The van der Waals surface area contributed by atoms with Gasteiger partial charge in [-0.2, -0.15) is 0 Å². The van der Waals surface area contributed by atoms with Crippen LogP contribution in [0.4, 0.5) is 0 Å². The summed E-state index contributed by atoms with van der Waals surface area (Å²) in [4.78, 5) is 0. The maximum Gasteiger partial charge on any atom is 0.0942 e. The van der Waals surface area contributed by atoms with Crippen molar-refractivity contribution in [3.8, 4) is 0 Å². The van der Waals surface area contributed by atoms with Crippen LogP contribution in [-0.4, -0.2) is 31.4 Å². The number of hydrogen-bond acceptors (Lipinski definition) is 3. The Bertz CT molecular complexity index is 348. The third-order valence-electron chi connectivity index (χ3n) is 3.48. The molecule has 0 aliphatic rings. The highest BCUT2D eigenvalue weighted by Gasteiger charge is 2.18. The van der Waals surface area contributed by atoms with E-state index in [4.69, 9.17) is 4.74 Å². The van der Waals surface area contributed by atoms with Crippen LogP contribution < -0.4 is 5.32 Å². The number of aliphatic hydroxyl groups is 1. The Balaban J connectivity index is 2.65. The number of benzene rings is 1. The second-order valence-electron chi connectivity index (χ2n) is 5.23. The van der Waals surface area contributed by atoms with Crippen molar-refractivity contribution in [3.63, 3.8) is 0 Å². The molecule has 3 heteroatoms. The molecule has 0 radical (unpaired) electrons. The fourth-order valence-electron chi connectivity index (χ4n) is 2.14. The SMILES string of the molecule is CCC(NCCOC)C(O)c1ccc(C(C)C)cc1. The van der Waals surface area contributed by atoms with Crippen LogP contribution in [0, 0.1) is 0 Å². The van der Waals surface area contributed by atoms with Gasteiger partial charge in [0.05, 0.1) is 12.7 Å². The average Bonchev–Trinajstić information content (AvgIpc) is 2.43. The van der Waals surface area contributed by atoms with Crippen molar-refractivity contribution in [3.05, 3.63) is 35.4 Å². The third kappa shape index (κ3) is 4.94. The second kappa shape index (κ2) is 8.31. The Labute approximate surface area is 117 Å². The summed E-state index contributed by atoms with van der Waals surface area (Å²) in [7, 11) is 1.68. The maximum atomic E-state index is 10.4. The molecule has 0 fully saturated rings. The van der Waals surface area contributed by atoms with Crippen LogP contribution in [0.2, 0.25) is 0 Å². The lowest BCUT2D eigenvalue weighted by Gasteiger charge is -2.23. The fraction of sp³-hybridized carbons (Fsp3) is 0.625. The Hall–Kier alpha value is -0.900. The van der Waals surface area contributed by atoms with Gasteiger partial charge in [-0.1, -0.05) is 45.0 Å². The molecule has 1 rings (SSSR count). The molecular formula is C16H27NO2. The van der Waals surface area contributed by atoms with E-state index in [0.717, 1.165) is 18.5 Å². The minimum atomic E-state index is -0.469. The summed E-state index contributed by atoms with van der Waals surface area (Å²) in [6, 6.07) is 8.33. The molecule has 0 aromatic heterocycles. The largest absolute Gasteiger partial charge is 0.387 e. The van der Waals surface area contributed by atoms with Crippen molar-refractivity contribution in [2.24, 2.45) is 0 Å². The summed E-state index contributed by atoms with van der Waals surface area (Å²) in [6.07, 6.45) is 0.416. The topological polar surface area (TPSA) is 41.5 Å². The van der Waals surface area contributed by atoms with Gasteiger partial charge in [-0.3, -0.25) is 0 Å². The van der Waals surface area contributed by atoms with E-state index >= 15 is 0 Å². The Morgan fingerprint density at radius 3 is 2.21 bits per heavy atom. The van der Waals surface area contributed by atoms with Gasteiger partial charge in [0.15, 0.2) is 0 Å². The average molecular weight is 265 g/mol. The van der Waals surface area contributed by atoms with Gasteiger partial charge in [-0.05, 0) is 23.5 Å². The van der Waals surface area contributed by atoms with Gasteiger partial charge in [0.1, 0.15) is 0 Å². The predicted octanol–water partition coefficient (Wildman–Crippen LogP) is 2.86. The number of methoxy groups -OCH3 is 1. The van der Waals surface area contributed by atoms with E-state index in [1.165, 1.54) is 5.56 Å². The maximum absolute atomic E-state index is 10.4. The molecule has 0 aliphatic carbocycles. The normalized spacial score (nSPS) is 14.6. The van der Waals surface area contributed by atoms with E-state index in [9.17, 15) is 5.11 Å². The lowest BCUT2D eigenvalue weighted by atomic mass is 9.96. The summed E-state index contributed by atoms with van der Waals surface area (Å²) in [5.74, 6) is 0.521. The van der Waals surface area contributed by atoms with Gasteiger partial charge < -0.3 is 15.2 Å². The van der Waals surface area contributed by atoms with Crippen molar-refractivity contribution in [1.82, 2.24) is 5.32 Å². The smallest absolute Gasteiger partial charge is 0.0942 e. The van der Waals surface area contributed by atoms with Crippen LogP contribution in [0.25, 0.3) is 0 Å². The molecule has 0 aliphatic heterocycles. The summed E-state index contributed by atoms with van der Waals surface area (Å²) in [5, 5.41) is 13.7. The zero-order chi connectivity index (χ0) is 14.3. The van der Waals surface area contributed by atoms with E-state index in [2.05, 4.69) is 38.2 Å². The van der Waals surface area contributed by atoms with Crippen LogP contribution in [0.5, 0.6) is 0 Å². The number of hydrogen-bond donors (Lipinski definition) is 2. The first kappa shape index (κ1) is 16.2. The number of nitrogens with one attached hydrogen (secondary N) is 1. The number of aliphatic hydroxyl groups excluding tert-OH is 1. The van der Waals surface area contributed by atoms with E-state index in [1.54, 1.807) is 7.11 Å². The van der Waals surface area contributed by atoms with E-state index < -0.39 is 6.10 Å². The van der Waals surface area contributed by atoms with Crippen molar-refractivity contribution in [2.45, 2.75) is 45.3 Å². The van der Waals surface area contributed by atoms with Gasteiger partial charge in [0, 0.05) is 19.7 Å².